The zero-order chi connectivity index (χ0) is 13.8. The monoisotopic (exact) mass is 283 g/mol. The molecule has 1 saturated heterocycles. The lowest BCUT2D eigenvalue weighted by Crippen LogP contribution is -2.36. The lowest BCUT2D eigenvalue weighted by Gasteiger charge is -2.34. The van der Waals surface area contributed by atoms with Crippen LogP contribution in [0.2, 0.25) is 5.02 Å². The van der Waals surface area contributed by atoms with Crippen molar-refractivity contribution in [2.45, 2.75) is 12.8 Å². The average molecular weight is 284 g/mol. The van der Waals surface area contributed by atoms with E-state index in [1.807, 2.05) is 6.07 Å². The van der Waals surface area contributed by atoms with E-state index in [1.54, 1.807) is 12.1 Å². The molecule has 104 valence electrons. The maximum absolute atomic E-state index is 9.16. The molecule has 0 radical (unpaired) electrons. The van der Waals surface area contributed by atoms with E-state index in [0.29, 0.717) is 16.5 Å². The third kappa shape index (κ3) is 3.11. The molecular weight excluding hydrogens is 266 g/mol. The first-order valence-electron chi connectivity index (χ1n) is 6.29. The topological polar surface area (TPSA) is 82.1 Å². The van der Waals surface area contributed by atoms with Crippen molar-refractivity contribution in [2.24, 2.45) is 16.8 Å². The molecule has 1 aliphatic heterocycles. The predicted molar refractivity (Wildman–Crippen MR) is 76.0 cm³/mol. The lowest BCUT2D eigenvalue weighted by molar-refractivity contribution is 0.203. The van der Waals surface area contributed by atoms with E-state index in [9.17, 15) is 0 Å². The van der Waals surface area contributed by atoms with Crippen molar-refractivity contribution in [3.8, 4) is 0 Å². The van der Waals surface area contributed by atoms with Gasteiger partial charge in [0.1, 0.15) is 0 Å². The minimum atomic E-state index is 0.0572. The van der Waals surface area contributed by atoms with Gasteiger partial charge in [-0.2, -0.15) is 0 Å². The number of piperidine rings is 1. The van der Waals surface area contributed by atoms with Crippen molar-refractivity contribution in [2.75, 3.05) is 24.6 Å². The molecule has 0 atom stereocenters. The van der Waals surface area contributed by atoms with Crippen molar-refractivity contribution < 1.29 is 10.3 Å². The standard InChI is InChI=1S/C13H18ClN3O2/c14-10-1-2-12(11(7-10)13(15)16-19)17-5-3-9(8-18)4-6-17/h1-2,7,9,18-19H,3-6,8H2,(H2,15,16). The second-order valence-corrected chi connectivity index (χ2v) is 5.20. The Labute approximate surface area is 117 Å². The molecule has 0 aromatic heterocycles. The third-order valence-electron chi connectivity index (χ3n) is 3.56. The van der Waals surface area contributed by atoms with Crippen LogP contribution < -0.4 is 10.6 Å². The van der Waals surface area contributed by atoms with Crippen LogP contribution in [0.5, 0.6) is 0 Å². The number of rotatable bonds is 3. The number of nitrogens with zero attached hydrogens (tertiary/aromatic N) is 2. The van der Waals surface area contributed by atoms with Crippen molar-refractivity contribution in [1.29, 1.82) is 0 Å². The van der Waals surface area contributed by atoms with E-state index in [-0.39, 0.29) is 12.4 Å². The molecule has 1 aliphatic rings. The van der Waals surface area contributed by atoms with Gasteiger partial charge in [0.25, 0.3) is 0 Å². The quantitative estimate of drug-likeness (QED) is 0.341. The number of halogens is 1. The summed E-state index contributed by atoms with van der Waals surface area (Å²) in [6.07, 6.45) is 1.88. The number of amidine groups is 1. The Kier molecular flexibility index (Phi) is 4.50. The summed E-state index contributed by atoms with van der Waals surface area (Å²) in [5.74, 6) is 0.428. The van der Waals surface area contributed by atoms with Gasteiger partial charge in [-0.15, -0.1) is 0 Å². The zero-order valence-corrected chi connectivity index (χ0v) is 11.3. The van der Waals surface area contributed by atoms with Crippen LogP contribution in [0.25, 0.3) is 0 Å². The first-order valence-corrected chi connectivity index (χ1v) is 6.66. The van der Waals surface area contributed by atoms with Crippen molar-refractivity contribution in [3.05, 3.63) is 28.8 Å². The zero-order valence-electron chi connectivity index (χ0n) is 10.6. The highest BCUT2D eigenvalue weighted by molar-refractivity contribution is 6.31. The second kappa shape index (κ2) is 6.12. The molecule has 0 aliphatic carbocycles. The minimum absolute atomic E-state index is 0.0572. The van der Waals surface area contributed by atoms with Gasteiger partial charge < -0.3 is 20.9 Å². The van der Waals surface area contributed by atoms with Gasteiger partial charge in [0.15, 0.2) is 5.84 Å². The molecule has 6 heteroatoms. The van der Waals surface area contributed by atoms with Crippen LogP contribution in [0.3, 0.4) is 0 Å². The van der Waals surface area contributed by atoms with Crippen LogP contribution in [0.15, 0.2) is 23.4 Å². The molecule has 1 aromatic rings. The molecule has 19 heavy (non-hydrogen) atoms. The minimum Gasteiger partial charge on any atom is -0.409 e. The van der Waals surface area contributed by atoms with E-state index in [2.05, 4.69) is 10.1 Å². The van der Waals surface area contributed by atoms with E-state index in [4.69, 9.17) is 27.6 Å². The van der Waals surface area contributed by atoms with E-state index >= 15 is 0 Å². The number of nitrogens with two attached hydrogens (primary N) is 1. The maximum Gasteiger partial charge on any atom is 0.172 e. The maximum atomic E-state index is 9.16. The molecule has 0 amide bonds. The fraction of sp³-hybridized carbons (Fsp3) is 0.462. The Hall–Kier alpha value is -1.46. The van der Waals surface area contributed by atoms with Gasteiger partial charge in [-0.05, 0) is 37.0 Å². The lowest BCUT2D eigenvalue weighted by atomic mass is 9.97. The van der Waals surface area contributed by atoms with Gasteiger partial charge in [0.05, 0.1) is 0 Å². The number of hydrogen-bond donors (Lipinski definition) is 3. The Balaban J connectivity index is 2.25. The Bertz CT molecular complexity index is 471. The molecule has 0 spiro atoms. The molecule has 2 rings (SSSR count). The largest absolute Gasteiger partial charge is 0.409 e. The molecular formula is C13H18ClN3O2. The first-order chi connectivity index (χ1) is 9.15. The number of hydrogen-bond acceptors (Lipinski definition) is 4. The highest BCUT2D eigenvalue weighted by Gasteiger charge is 2.21. The summed E-state index contributed by atoms with van der Waals surface area (Å²) in [6.45, 7) is 1.93. The number of oxime groups is 1. The number of anilines is 1. The number of aliphatic hydroxyl groups is 1. The van der Waals surface area contributed by atoms with E-state index in [0.717, 1.165) is 31.6 Å². The van der Waals surface area contributed by atoms with Crippen molar-refractivity contribution >= 4 is 23.1 Å². The highest BCUT2D eigenvalue weighted by Crippen LogP contribution is 2.28. The average Bonchev–Trinajstić information content (AvgIpc) is 2.46. The van der Waals surface area contributed by atoms with Crippen LogP contribution in [-0.2, 0) is 0 Å². The molecule has 5 nitrogen and oxygen atoms in total. The van der Waals surface area contributed by atoms with Gasteiger partial charge in [-0.3, -0.25) is 0 Å². The molecule has 0 saturated carbocycles. The predicted octanol–water partition coefficient (Wildman–Crippen LogP) is 1.64. The molecule has 1 aromatic carbocycles. The van der Waals surface area contributed by atoms with E-state index < -0.39 is 0 Å². The smallest absolute Gasteiger partial charge is 0.172 e. The van der Waals surface area contributed by atoms with Crippen LogP contribution in [0, 0.1) is 5.92 Å². The normalized spacial score (nSPS) is 17.8. The molecule has 1 fully saturated rings. The Morgan fingerprint density at radius 3 is 2.68 bits per heavy atom. The van der Waals surface area contributed by atoms with Gasteiger partial charge in [-0.25, -0.2) is 0 Å². The van der Waals surface area contributed by atoms with Crippen molar-refractivity contribution in [3.63, 3.8) is 0 Å². The summed E-state index contributed by atoms with van der Waals surface area (Å²) >= 11 is 5.96. The SMILES string of the molecule is NC(=NO)c1cc(Cl)ccc1N1CCC(CO)CC1. The summed E-state index contributed by atoms with van der Waals surface area (Å²) in [4.78, 5) is 2.18. The van der Waals surface area contributed by atoms with Gasteiger partial charge in [-0.1, -0.05) is 16.8 Å². The fourth-order valence-corrected chi connectivity index (χ4v) is 2.57. The summed E-state index contributed by atoms with van der Waals surface area (Å²) in [5.41, 5.74) is 7.25. The van der Waals surface area contributed by atoms with Gasteiger partial charge >= 0.3 is 0 Å². The van der Waals surface area contributed by atoms with Gasteiger partial charge in [0, 0.05) is 36.0 Å². The highest BCUT2D eigenvalue weighted by atomic mass is 35.5. The van der Waals surface area contributed by atoms with Crippen LogP contribution in [0.4, 0.5) is 5.69 Å². The van der Waals surface area contributed by atoms with Crippen LogP contribution in [0.1, 0.15) is 18.4 Å². The van der Waals surface area contributed by atoms with Crippen LogP contribution >= 0.6 is 11.6 Å². The number of aliphatic hydroxyl groups excluding tert-OH is 1. The second-order valence-electron chi connectivity index (χ2n) is 4.76. The van der Waals surface area contributed by atoms with E-state index in [1.165, 1.54) is 0 Å². The summed E-state index contributed by atoms with van der Waals surface area (Å²) in [6, 6.07) is 5.38. The summed E-state index contributed by atoms with van der Waals surface area (Å²) < 4.78 is 0. The molecule has 4 N–H and O–H groups in total. The fourth-order valence-electron chi connectivity index (χ4n) is 2.40. The van der Waals surface area contributed by atoms with Crippen LogP contribution in [-0.4, -0.2) is 35.8 Å². The van der Waals surface area contributed by atoms with Crippen molar-refractivity contribution in [1.82, 2.24) is 0 Å². The molecule has 0 unspecified atom stereocenters. The molecule has 0 bridgehead atoms. The number of benzene rings is 1. The Morgan fingerprint density at radius 1 is 1.42 bits per heavy atom. The summed E-state index contributed by atoms with van der Waals surface area (Å²) in [7, 11) is 0. The summed E-state index contributed by atoms with van der Waals surface area (Å²) in [5, 5.41) is 21.6. The molecule has 1 heterocycles. The third-order valence-corrected chi connectivity index (χ3v) is 3.79. The first kappa shape index (κ1) is 14.0. The Morgan fingerprint density at radius 2 is 2.11 bits per heavy atom. The van der Waals surface area contributed by atoms with Gasteiger partial charge in [0.2, 0.25) is 0 Å².